The zero-order valence-corrected chi connectivity index (χ0v) is 15.4. The molecule has 1 fully saturated rings. The zero-order chi connectivity index (χ0) is 15.9. The highest BCUT2D eigenvalue weighted by atomic mass is 16.5. The van der Waals surface area contributed by atoms with Gasteiger partial charge in [-0.05, 0) is 67.7 Å². The minimum Gasteiger partial charge on any atom is -0.385 e. The van der Waals surface area contributed by atoms with Gasteiger partial charge in [0.15, 0.2) is 0 Å². The molecule has 1 unspecified atom stereocenters. The number of hydrogen-bond acceptors (Lipinski definition) is 2. The van der Waals surface area contributed by atoms with Crippen LogP contribution in [0.4, 0.5) is 0 Å². The first-order valence-corrected chi connectivity index (χ1v) is 9.05. The van der Waals surface area contributed by atoms with Crippen LogP contribution in [0.25, 0.3) is 0 Å². The average molecular weight is 298 g/mol. The summed E-state index contributed by atoms with van der Waals surface area (Å²) in [7, 11) is 1.82. The third-order valence-electron chi connectivity index (χ3n) is 5.91. The van der Waals surface area contributed by atoms with Gasteiger partial charge in [-0.2, -0.15) is 0 Å². The lowest BCUT2D eigenvalue weighted by Crippen LogP contribution is -2.44. The molecule has 0 spiro atoms. The van der Waals surface area contributed by atoms with Crippen LogP contribution >= 0.6 is 0 Å². The molecule has 1 N–H and O–H groups in total. The van der Waals surface area contributed by atoms with Crippen molar-refractivity contribution in [3.05, 3.63) is 0 Å². The smallest absolute Gasteiger partial charge is 0.0465 e. The SMILES string of the molecule is CCCNCC1(C(C)CCOC)CCC(C(C)(C)C)CC1. The van der Waals surface area contributed by atoms with E-state index in [0.717, 1.165) is 25.0 Å². The predicted molar refractivity (Wildman–Crippen MR) is 92.7 cm³/mol. The predicted octanol–water partition coefficient (Wildman–Crippen LogP) is 4.88. The van der Waals surface area contributed by atoms with Gasteiger partial charge in [-0.3, -0.25) is 0 Å². The monoisotopic (exact) mass is 297 g/mol. The Bertz CT molecular complexity index is 274. The molecule has 21 heavy (non-hydrogen) atoms. The van der Waals surface area contributed by atoms with Crippen molar-refractivity contribution >= 4 is 0 Å². The quantitative estimate of drug-likeness (QED) is 0.645. The van der Waals surface area contributed by atoms with Crippen LogP contribution in [0.3, 0.4) is 0 Å². The Morgan fingerprint density at radius 2 is 1.86 bits per heavy atom. The highest BCUT2D eigenvalue weighted by Crippen LogP contribution is 2.49. The number of methoxy groups -OCH3 is 1. The summed E-state index contributed by atoms with van der Waals surface area (Å²) in [4.78, 5) is 0. The fraction of sp³-hybridized carbons (Fsp3) is 1.00. The van der Waals surface area contributed by atoms with Gasteiger partial charge in [0.1, 0.15) is 0 Å². The van der Waals surface area contributed by atoms with Crippen LogP contribution in [0.1, 0.15) is 73.1 Å². The maximum Gasteiger partial charge on any atom is 0.0465 e. The molecule has 0 bridgehead atoms. The van der Waals surface area contributed by atoms with Crippen LogP contribution < -0.4 is 5.32 Å². The number of ether oxygens (including phenoxy) is 1. The van der Waals surface area contributed by atoms with Crippen molar-refractivity contribution in [1.82, 2.24) is 5.32 Å². The van der Waals surface area contributed by atoms with Crippen molar-refractivity contribution in [3.8, 4) is 0 Å². The summed E-state index contributed by atoms with van der Waals surface area (Å²) in [5, 5.41) is 3.72. The lowest BCUT2D eigenvalue weighted by Gasteiger charge is -2.47. The van der Waals surface area contributed by atoms with Crippen LogP contribution in [0, 0.1) is 22.7 Å². The van der Waals surface area contributed by atoms with Gasteiger partial charge in [0.2, 0.25) is 0 Å². The van der Waals surface area contributed by atoms with Crippen molar-refractivity contribution in [2.75, 3.05) is 26.8 Å². The van der Waals surface area contributed by atoms with E-state index in [0.29, 0.717) is 10.8 Å². The minimum absolute atomic E-state index is 0.471. The van der Waals surface area contributed by atoms with Crippen LogP contribution in [-0.4, -0.2) is 26.8 Å². The molecule has 0 amide bonds. The van der Waals surface area contributed by atoms with Gasteiger partial charge in [0.05, 0.1) is 0 Å². The molecule has 0 radical (unpaired) electrons. The van der Waals surface area contributed by atoms with Gasteiger partial charge in [0, 0.05) is 20.3 Å². The maximum absolute atomic E-state index is 5.33. The summed E-state index contributed by atoms with van der Waals surface area (Å²) in [5.41, 5.74) is 0.966. The van der Waals surface area contributed by atoms with Crippen molar-refractivity contribution in [2.24, 2.45) is 22.7 Å². The van der Waals surface area contributed by atoms with Crippen molar-refractivity contribution < 1.29 is 4.74 Å². The molecule has 1 aliphatic rings. The lowest BCUT2D eigenvalue weighted by molar-refractivity contribution is 0.0312. The van der Waals surface area contributed by atoms with Crippen molar-refractivity contribution in [2.45, 2.75) is 73.1 Å². The van der Waals surface area contributed by atoms with Crippen LogP contribution in [-0.2, 0) is 4.74 Å². The molecule has 0 aromatic heterocycles. The molecule has 0 aromatic carbocycles. The van der Waals surface area contributed by atoms with Gasteiger partial charge >= 0.3 is 0 Å². The molecule has 1 saturated carbocycles. The summed E-state index contributed by atoms with van der Waals surface area (Å²) < 4.78 is 5.33. The van der Waals surface area contributed by atoms with Gasteiger partial charge < -0.3 is 10.1 Å². The standard InChI is InChI=1S/C19H39NO/c1-7-13-20-15-19(16(2)10-14-21-6)11-8-17(9-12-19)18(3,4)5/h16-17,20H,7-15H2,1-6H3. The highest BCUT2D eigenvalue weighted by molar-refractivity contribution is 4.93. The van der Waals surface area contributed by atoms with Gasteiger partial charge in [-0.15, -0.1) is 0 Å². The molecule has 0 aromatic rings. The van der Waals surface area contributed by atoms with E-state index in [1.54, 1.807) is 0 Å². The summed E-state index contributed by atoms with van der Waals surface area (Å²) in [5.74, 6) is 1.65. The Hall–Kier alpha value is -0.0800. The molecule has 1 rings (SSSR count). The molecule has 2 nitrogen and oxygen atoms in total. The molecular weight excluding hydrogens is 258 g/mol. The van der Waals surface area contributed by atoms with E-state index in [1.165, 1.54) is 45.1 Å². The second-order valence-corrected chi connectivity index (χ2v) is 8.36. The normalized spacial score (nSPS) is 28.6. The fourth-order valence-corrected chi connectivity index (χ4v) is 4.02. The Labute approximate surface area is 133 Å². The van der Waals surface area contributed by atoms with Crippen molar-refractivity contribution in [1.29, 1.82) is 0 Å². The summed E-state index contributed by atoms with van der Waals surface area (Å²) >= 11 is 0. The molecule has 1 atom stereocenters. The number of nitrogens with one attached hydrogen (secondary N) is 1. The molecular formula is C19H39NO. The maximum atomic E-state index is 5.33. The van der Waals surface area contributed by atoms with Crippen LogP contribution in [0.2, 0.25) is 0 Å². The van der Waals surface area contributed by atoms with E-state index in [1.807, 2.05) is 7.11 Å². The largest absolute Gasteiger partial charge is 0.385 e. The third-order valence-corrected chi connectivity index (χ3v) is 5.91. The van der Waals surface area contributed by atoms with Crippen LogP contribution in [0.15, 0.2) is 0 Å². The topological polar surface area (TPSA) is 21.3 Å². The lowest BCUT2D eigenvalue weighted by atomic mass is 9.59. The first-order chi connectivity index (χ1) is 9.85. The Morgan fingerprint density at radius 1 is 1.24 bits per heavy atom. The summed E-state index contributed by atoms with van der Waals surface area (Å²) in [6, 6.07) is 0. The van der Waals surface area contributed by atoms with E-state index < -0.39 is 0 Å². The van der Waals surface area contributed by atoms with Gasteiger partial charge in [-0.1, -0.05) is 34.6 Å². The third kappa shape index (κ3) is 5.56. The Kier molecular flexibility index (Phi) is 7.70. The number of hydrogen-bond donors (Lipinski definition) is 1. The molecule has 0 saturated heterocycles. The first-order valence-electron chi connectivity index (χ1n) is 9.05. The molecule has 0 heterocycles. The zero-order valence-electron chi connectivity index (χ0n) is 15.4. The van der Waals surface area contributed by atoms with Gasteiger partial charge in [-0.25, -0.2) is 0 Å². The molecule has 1 aliphatic carbocycles. The second kappa shape index (κ2) is 8.53. The van der Waals surface area contributed by atoms with E-state index in [9.17, 15) is 0 Å². The van der Waals surface area contributed by atoms with Crippen molar-refractivity contribution in [3.63, 3.8) is 0 Å². The summed E-state index contributed by atoms with van der Waals surface area (Å²) in [6.45, 7) is 15.2. The number of rotatable bonds is 8. The molecule has 126 valence electrons. The first kappa shape index (κ1) is 19.0. The average Bonchev–Trinajstić information content (AvgIpc) is 2.44. The minimum atomic E-state index is 0.471. The van der Waals surface area contributed by atoms with E-state index in [2.05, 4.69) is 39.9 Å². The highest BCUT2D eigenvalue weighted by Gasteiger charge is 2.41. The Balaban J connectivity index is 2.66. The van der Waals surface area contributed by atoms with Gasteiger partial charge in [0.25, 0.3) is 0 Å². The van der Waals surface area contributed by atoms with E-state index in [-0.39, 0.29) is 0 Å². The van der Waals surface area contributed by atoms with E-state index >= 15 is 0 Å². The molecule has 2 heteroatoms. The second-order valence-electron chi connectivity index (χ2n) is 8.36. The van der Waals surface area contributed by atoms with Crippen LogP contribution in [0.5, 0.6) is 0 Å². The van der Waals surface area contributed by atoms with E-state index in [4.69, 9.17) is 4.74 Å². The fourth-order valence-electron chi connectivity index (χ4n) is 4.02. The summed E-state index contributed by atoms with van der Waals surface area (Å²) in [6.07, 6.45) is 7.99. The molecule has 0 aliphatic heterocycles. The Morgan fingerprint density at radius 3 is 2.33 bits per heavy atom.